The Bertz CT molecular complexity index is 647. The third-order valence-corrected chi connectivity index (χ3v) is 4.98. The van der Waals surface area contributed by atoms with E-state index in [2.05, 4.69) is 30.0 Å². The van der Waals surface area contributed by atoms with Crippen LogP contribution in [0.15, 0.2) is 29.5 Å². The van der Waals surface area contributed by atoms with E-state index in [4.69, 9.17) is 9.47 Å². The second-order valence-electron chi connectivity index (χ2n) is 6.66. The molecule has 0 unspecified atom stereocenters. The van der Waals surface area contributed by atoms with Crippen LogP contribution in [0.25, 0.3) is 0 Å². The maximum Gasteiger partial charge on any atom is 0.337 e. The molecule has 0 aromatic heterocycles. The zero-order valence-corrected chi connectivity index (χ0v) is 14.9. The number of esters is 1. The third-order valence-electron chi connectivity index (χ3n) is 4.98. The molecule has 0 spiro atoms. The van der Waals surface area contributed by atoms with Gasteiger partial charge in [0, 0.05) is 26.1 Å². The van der Waals surface area contributed by atoms with Crippen LogP contribution in [0.3, 0.4) is 0 Å². The second-order valence-corrected chi connectivity index (χ2v) is 6.66. The van der Waals surface area contributed by atoms with E-state index in [9.17, 15) is 9.90 Å². The summed E-state index contributed by atoms with van der Waals surface area (Å²) in [4.78, 5) is 14.2. The van der Waals surface area contributed by atoms with E-state index in [0.29, 0.717) is 18.4 Å². The first-order valence-corrected chi connectivity index (χ1v) is 9.16. The average Bonchev–Trinajstić information content (AvgIpc) is 2.63. The van der Waals surface area contributed by atoms with Crippen molar-refractivity contribution >= 4 is 5.97 Å². The van der Waals surface area contributed by atoms with Crippen molar-refractivity contribution in [2.45, 2.75) is 39.2 Å². The molecule has 0 saturated carbocycles. The van der Waals surface area contributed by atoms with Crippen LogP contribution in [-0.2, 0) is 33.7 Å². The van der Waals surface area contributed by atoms with E-state index in [-0.39, 0.29) is 18.3 Å². The first-order valence-electron chi connectivity index (χ1n) is 9.16. The maximum absolute atomic E-state index is 11.8. The molecule has 5 heteroatoms. The number of nitrogens with zero attached hydrogens (tertiary/aromatic N) is 1. The van der Waals surface area contributed by atoms with Crippen molar-refractivity contribution in [2.24, 2.45) is 0 Å². The molecule has 0 amide bonds. The molecule has 1 aromatic rings. The molecule has 0 radical (unpaired) electrons. The fraction of sp³-hybridized carbons (Fsp3) is 0.550. The Hall–Kier alpha value is -1.85. The van der Waals surface area contributed by atoms with Crippen molar-refractivity contribution in [3.05, 3.63) is 46.2 Å². The number of hydrogen-bond donors (Lipinski definition) is 1. The smallest absolute Gasteiger partial charge is 0.337 e. The van der Waals surface area contributed by atoms with Crippen LogP contribution in [0.4, 0.5) is 0 Å². The Morgan fingerprint density at radius 1 is 1.12 bits per heavy atom. The highest BCUT2D eigenvalue weighted by Gasteiger charge is 2.21. The van der Waals surface area contributed by atoms with Gasteiger partial charge in [0.2, 0.25) is 0 Å². The topological polar surface area (TPSA) is 59.0 Å². The van der Waals surface area contributed by atoms with Gasteiger partial charge >= 0.3 is 5.97 Å². The minimum Gasteiger partial charge on any atom is -0.512 e. The van der Waals surface area contributed by atoms with E-state index >= 15 is 0 Å². The zero-order chi connectivity index (χ0) is 17.6. The number of aryl methyl sites for hydroxylation is 2. The van der Waals surface area contributed by atoms with Gasteiger partial charge in [0.25, 0.3) is 0 Å². The van der Waals surface area contributed by atoms with Crippen LogP contribution in [-0.4, -0.2) is 48.9 Å². The van der Waals surface area contributed by atoms with Crippen LogP contribution < -0.4 is 0 Å². The van der Waals surface area contributed by atoms with Crippen LogP contribution in [0.5, 0.6) is 0 Å². The maximum atomic E-state index is 11.8. The van der Waals surface area contributed by atoms with Crippen LogP contribution in [0.1, 0.15) is 36.5 Å². The molecule has 25 heavy (non-hydrogen) atoms. The lowest BCUT2D eigenvalue weighted by Crippen LogP contribution is -2.35. The fourth-order valence-corrected chi connectivity index (χ4v) is 3.43. The highest BCUT2D eigenvalue weighted by molar-refractivity contribution is 5.89. The van der Waals surface area contributed by atoms with Gasteiger partial charge in [-0.05, 0) is 36.0 Å². The van der Waals surface area contributed by atoms with E-state index in [1.165, 1.54) is 16.7 Å². The van der Waals surface area contributed by atoms with Gasteiger partial charge in [0.15, 0.2) is 0 Å². The minimum absolute atomic E-state index is 0.191. The lowest BCUT2D eigenvalue weighted by molar-refractivity contribution is -0.140. The van der Waals surface area contributed by atoms with Crippen molar-refractivity contribution < 1.29 is 19.4 Å². The summed E-state index contributed by atoms with van der Waals surface area (Å²) in [5.41, 5.74) is 4.35. The van der Waals surface area contributed by atoms with Gasteiger partial charge in [0.05, 0.1) is 25.4 Å². The van der Waals surface area contributed by atoms with E-state index < -0.39 is 0 Å². The number of carbonyl (C=O) groups excluding carboxylic acids is 1. The van der Waals surface area contributed by atoms with E-state index in [0.717, 1.165) is 45.7 Å². The molecule has 1 N–H and O–H groups in total. The Morgan fingerprint density at radius 2 is 1.92 bits per heavy atom. The Labute approximate surface area is 149 Å². The lowest BCUT2D eigenvalue weighted by atomic mass is 9.96. The van der Waals surface area contributed by atoms with Crippen molar-refractivity contribution in [1.82, 2.24) is 4.90 Å². The second kappa shape index (κ2) is 8.50. The SMILES string of the molecule is CCc1cc(CCC2=C(O)CCOC2=O)ccc1CN1CCOCC1. The molecule has 136 valence electrons. The number of carbonyl (C=O) groups is 1. The molecule has 0 atom stereocenters. The molecular formula is C20H27NO4. The summed E-state index contributed by atoms with van der Waals surface area (Å²) in [6, 6.07) is 6.58. The summed E-state index contributed by atoms with van der Waals surface area (Å²) in [6.45, 7) is 7.02. The molecule has 2 aliphatic rings. The summed E-state index contributed by atoms with van der Waals surface area (Å²) >= 11 is 0. The van der Waals surface area contributed by atoms with Crippen LogP contribution >= 0.6 is 0 Å². The molecule has 3 rings (SSSR count). The van der Waals surface area contributed by atoms with Gasteiger partial charge in [0.1, 0.15) is 5.76 Å². The minimum atomic E-state index is -0.372. The summed E-state index contributed by atoms with van der Waals surface area (Å²) < 4.78 is 10.4. The quantitative estimate of drug-likeness (QED) is 0.804. The fourth-order valence-electron chi connectivity index (χ4n) is 3.43. The molecule has 2 heterocycles. The number of aliphatic hydroxyl groups excluding tert-OH is 1. The lowest BCUT2D eigenvalue weighted by Gasteiger charge is -2.27. The van der Waals surface area contributed by atoms with Gasteiger partial charge < -0.3 is 14.6 Å². The number of cyclic esters (lactones) is 1. The number of aliphatic hydroxyl groups is 1. The first kappa shape index (κ1) is 18.0. The number of hydrogen-bond acceptors (Lipinski definition) is 5. The van der Waals surface area contributed by atoms with Gasteiger partial charge in [-0.2, -0.15) is 0 Å². The highest BCUT2D eigenvalue weighted by atomic mass is 16.5. The number of rotatable bonds is 6. The number of benzene rings is 1. The predicted octanol–water partition coefficient (Wildman–Crippen LogP) is 2.77. The van der Waals surface area contributed by atoms with Crippen LogP contribution in [0.2, 0.25) is 0 Å². The standard InChI is InChI=1S/C20H27NO4/c1-2-16-13-15(4-6-18-19(22)7-10-25-20(18)23)3-5-17(16)14-21-8-11-24-12-9-21/h3,5,13,22H,2,4,6-12,14H2,1H3. The van der Waals surface area contributed by atoms with Crippen molar-refractivity contribution in [3.8, 4) is 0 Å². The molecule has 1 fully saturated rings. The van der Waals surface area contributed by atoms with Crippen molar-refractivity contribution in [1.29, 1.82) is 0 Å². The summed E-state index contributed by atoms with van der Waals surface area (Å²) in [5.74, 6) is -0.181. The zero-order valence-electron chi connectivity index (χ0n) is 14.9. The normalized spacial score (nSPS) is 19.2. The number of morpholine rings is 1. The Kier molecular flexibility index (Phi) is 6.10. The van der Waals surface area contributed by atoms with E-state index in [1.54, 1.807) is 0 Å². The summed E-state index contributed by atoms with van der Waals surface area (Å²) in [5, 5.41) is 9.91. The van der Waals surface area contributed by atoms with Crippen molar-refractivity contribution in [2.75, 3.05) is 32.9 Å². The summed E-state index contributed by atoms with van der Waals surface area (Å²) in [7, 11) is 0. The molecule has 1 saturated heterocycles. The van der Waals surface area contributed by atoms with Gasteiger partial charge in [-0.3, -0.25) is 4.90 Å². The molecule has 0 aliphatic carbocycles. The Morgan fingerprint density at radius 3 is 2.64 bits per heavy atom. The molecule has 0 bridgehead atoms. The predicted molar refractivity (Wildman–Crippen MR) is 95.5 cm³/mol. The highest BCUT2D eigenvalue weighted by Crippen LogP contribution is 2.22. The van der Waals surface area contributed by atoms with Crippen molar-refractivity contribution in [3.63, 3.8) is 0 Å². The molecular weight excluding hydrogens is 318 g/mol. The van der Waals surface area contributed by atoms with Gasteiger partial charge in [-0.25, -0.2) is 4.79 Å². The molecule has 2 aliphatic heterocycles. The van der Waals surface area contributed by atoms with Crippen LogP contribution in [0, 0.1) is 0 Å². The third kappa shape index (κ3) is 4.61. The Balaban J connectivity index is 1.65. The molecule has 1 aromatic carbocycles. The van der Waals surface area contributed by atoms with Gasteiger partial charge in [-0.15, -0.1) is 0 Å². The summed E-state index contributed by atoms with van der Waals surface area (Å²) in [6.07, 6.45) is 2.68. The monoisotopic (exact) mass is 345 g/mol. The average molecular weight is 345 g/mol. The largest absolute Gasteiger partial charge is 0.512 e. The van der Waals surface area contributed by atoms with E-state index in [1.807, 2.05) is 0 Å². The molecule has 5 nitrogen and oxygen atoms in total. The van der Waals surface area contributed by atoms with Gasteiger partial charge in [-0.1, -0.05) is 25.1 Å². The first-order chi connectivity index (χ1) is 12.2. The number of ether oxygens (including phenoxy) is 2.